The van der Waals surface area contributed by atoms with Crippen LogP contribution in [0.2, 0.25) is 0 Å². The molecule has 31 heavy (non-hydrogen) atoms. The second-order valence-electron chi connectivity index (χ2n) is 9.73. The van der Waals surface area contributed by atoms with Gasteiger partial charge in [0.25, 0.3) is 0 Å². The summed E-state index contributed by atoms with van der Waals surface area (Å²) in [7, 11) is 0. The van der Waals surface area contributed by atoms with Crippen LogP contribution >= 0.6 is 0 Å². The highest BCUT2D eigenvalue weighted by atomic mass is 16.7. The summed E-state index contributed by atoms with van der Waals surface area (Å²) in [5, 5.41) is 0. The molecular formula is C28H57NO2. The van der Waals surface area contributed by atoms with Gasteiger partial charge in [-0.2, -0.15) is 5.90 Å². The van der Waals surface area contributed by atoms with Crippen molar-refractivity contribution in [3.8, 4) is 0 Å². The predicted molar refractivity (Wildman–Crippen MR) is 136 cm³/mol. The van der Waals surface area contributed by atoms with E-state index in [4.69, 9.17) is 5.90 Å². The van der Waals surface area contributed by atoms with E-state index in [1.807, 2.05) is 0 Å². The molecule has 0 rings (SSSR count). The highest BCUT2D eigenvalue weighted by Gasteiger charge is 2.00. The predicted octanol–water partition coefficient (Wildman–Crippen LogP) is 9.57. The van der Waals surface area contributed by atoms with E-state index >= 15 is 0 Å². The van der Waals surface area contributed by atoms with Crippen molar-refractivity contribution in [3.05, 3.63) is 0 Å². The van der Waals surface area contributed by atoms with Crippen LogP contribution in [0.3, 0.4) is 0 Å². The Morgan fingerprint density at radius 3 is 0.903 bits per heavy atom. The summed E-state index contributed by atoms with van der Waals surface area (Å²) >= 11 is 0. The van der Waals surface area contributed by atoms with Gasteiger partial charge in [0, 0.05) is 6.42 Å². The minimum Gasteiger partial charge on any atom is -0.373 e. The second-order valence-corrected chi connectivity index (χ2v) is 9.73. The molecule has 0 spiro atoms. The Morgan fingerprint density at radius 2 is 0.677 bits per heavy atom. The second kappa shape index (κ2) is 27.5. The first-order valence-electron chi connectivity index (χ1n) is 14.2. The molecule has 0 amide bonds. The number of hydrogen-bond donors (Lipinski definition) is 1. The first-order chi connectivity index (χ1) is 15.3. The lowest BCUT2D eigenvalue weighted by Gasteiger charge is -2.04. The van der Waals surface area contributed by atoms with E-state index in [1.165, 1.54) is 148 Å². The van der Waals surface area contributed by atoms with Gasteiger partial charge in [-0.05, 0) is 6.42 Å². The van der Waals surface area contributed by atoms with Crippen LogP contribution < -0.4 is 5.90 Å². The van der Waals surface area contributed by atoms with Gasteiger partial charge in [0.2, 0.25) is 0 Å². The van der Waals surface area contributed by atoms with Gasteiger partial charge in [-0.25, -0.2) is 0 Å². The quantitative estimate of drug-likeness (QED) is 0.108. The average Bonchev–Trinajstić information content (AvgIpc) is 2.78. The van der Waals surface area contributed by atoms with E-state index in [2.05, 4.69) is 11.8 Å². The Hall–Kier alpha value is -0.570. The minimum absolute atomic E-state index is 0.283. The zero-order valence-electron chi connectivity index (χ0n) is 21.3. The molecule has 0 saturated heterocycles. The van der Waals surface area contributed by atoms with Crippen LogP contribution in [0.5, 0.6) is 0 Å². The molecule has 0 aliphatic carbocycles. The number of nitrogens with two attached hydrogens (primary N) is 1. The van der Waals surface area contributed by atoms with Crippen molar-refractivity contribution in [1.82, 2.24) is 0 Å². The van der Waals surface area contributed by atoms with Crippen molar-refractivity contribution in [2.24, 2.45) is 5.90 Å². The third kappa shape index (κ3) is 27.4. The Balaban J connectivity index is 3.01. The van der Waals surface area contributed by atoms with Gasteiger partial charge >= 0.3 is 5.97 Å². The van der Waals surface area contributed by atoms with Gasteiger partial charge in [-0.1, -0.05) is 161 Å². The highest BCUT2D eigenvalue weighted by Crippen LogP contribution is 2.15. The van der Waals surface area contributed by atoms with E-state index in [0.717, 1.165) is 12.8 Å². The summed E-state index contributed by atoms with van der Waals surface area (Å²) in [6.45, 7) is 2.29. The minimum atomic E-state index is -0.283. The van der Waals surface area contributed by atoms with Crippen LogP contribution in [0.1, 0.15) is 174 Å². The van der Waals surface area contributed by atoms with Crippen LogP contribution in [0.25, 0.3) is 0 Å². The van der Waals surface area contributed by atoms with Crippen LogP contribution in [0, 0.1) is 0 Å². The summed E-state index contributed by atoms with van der Waals surface area (Å²) in [6.07, 6.45) is 35.3. The molecule has 0 aliphatic heterocycles. The van der Waals surface area contributed by atoms with E-state index in [9.17, 15) is 4.79 Å². The van der Waals surface area contributed by atoms with Crippen molar-refractivity contribution in [2.45, 2.75) is 174 Å². The van der Waals surface area contributed by atoms with Gasteiger partial charge in [0.15, 0.2) is 0 Å². The molecule has 0 aromatic carbocycles. The van der Waals surface area contributed by atoms with Gasteiger partial charge in [-0.15, -0.1) is 0 Å². The number of carbonyl (C=O) groups excluding carboxylic acids is 1. The largest absolute Gasteiger partial charge is 0.373 e. The standard InChI is InChI=1S/C28H57NO2/c1-2-3-4-5-6-7-8-9-10-11-12-13-14-15-16-17-18-19-20-21-22-23-24-25-26-27-28(30)31-29/h2-27,29H2,1H3. The van der Waals surface area contributed by atoms with Crippen LogP contribution in [0.4, 0.5) is 0 Å². The van der Waals surface area contributed by atoms with E-state index < -0.39 is 0 Å². The molecule has 0 radical (unpaired) electrons. The molecular weight excluding hydrogens is 382 g/mol. The fourth-order valence-electron chi connectivity index (χ4n) is 4.47. The van der Waals surface area contributed by atoms with Crippen LogP contribution in [0.15, 0.2) is 0 Å². The Labute approximate surface area is 195 Å². The molecule has 0 aromatic rings. The Kier molecular flexibility index (Phi) is 27.0. The third-order valence-electron chi connectivity index (χ3n) is 6.62. The van der Waals surface area contributed by atoms with Crippen molar-refractivity contribution >= 4 is 5.97 Å². The average molecular weight is 440 g/mol. The van der Waals surface area contributed by atoms with E-state index in [-0.39, 0.29) is 5.97 Å². The number of carbonyl (C=O) groups is 1. The van der Waals surface area contributed by atoms with E-state index in [0.29, 0.717) is 6.42 Å². The molecule has 186 valence electrons. The molecule has 0 bridgehead atoms. The molecule has 3 heteroatoms. The molecule has 0 atom stereocenters. The summed E-state index contributed by atoms with van der Waals surface area (Å²) in [4.78, 5) is 15.1. The van der Waals surface area contributed by atoms with Crippen molar-refractivity contribution in [3.63, 3.8) is 0 Å². The van der Waals surface area contributed by atoms with Crippen molar-refractivity contribution in [2.75, 3.05) is 0 Å². The SMILES string of the molecule is CCCCCCCCCCCCCCCCCCCCCCCCCCCC(=O)ON. The number of unbranched alkanes of at least 4 members (excludes halogenated alkanes) is 24. The molecule has 0 fully saturated rings. The summed E-state index contributed by atoms with van der Waals surface area (Å²) in [6, 6.07) is 0. The summed E-state index contributed by atoms with van der Waals surface area (Å²) in [5.41, 5.74) is 0. The third-order valence-corrected chi connectivity index (χ3v) is 6.62. The summed E-state index contributed by atoms with van der Waals surface area (Å²) < 4.78 is 0. The normalized spacial score (nSPS) is 11.2. The van der Waals surface area contributed by atoms with Gasteiger partial charge in [0.1, 0.15) is 0 Å². The lowest BCUT2D eigenvalue weighted by Crippen LogP contribution is -2.08. The van der Waals surface area contributed by atoms with E-state index in [1.54, 1.807) is 0 Å². The van der Waals surface area contributed by atoms with Crippen LogP contribution in [-0.2, 0) is 9.63 Å². The highest BCUT2D eigenvalue weighted by molar-refractivity contribution is 5.68. The fourth-order valence-corrected chi connectivity index (χ4v) is 4.47. The zero-order valence-corrected chi connectivity index (χ0v) is 21.3. The van der Waals surface area contributed by atoms with Gasteiger partial charge < -0.3 is 4.84 Å². The molecule has 0 aromatic heterocycles. The fraction of sp³-hybridized carbons (Fsp3) is 0.964. The smallest absolute Gasteiger partial charge is 0.324 e. The maximum atomic E-state index is 10.9. The molecule has 3 nitrogen and oxygen atoms in total. The van der Waals surface area contributed by atoms with Crippen molar-refractivity contribution in [1.29, 1.82) is 0 Å². The van der Waals surface area contributed by atoms with Gasteiger partial charge in [-0.3, -0.25) is 4.79 Å². The summed E-state index contributed by atoms with van der Waals surface area (Å²) in [5.74, 6) is 4.54. The maximum absolute atomic E-state index is 10.9. The zero-order chi connectivity index (χ0) is 22.7. The first kappa shape index (κ1) is 30.4. The lowest BCUT2D eigenvalue weighted by atomic mass is 10.0. The topological polar surface area (TPSA) is 52.3 Å². The first-order valence-corrected chi connectivity index (χ1v) is 14.2. The molecule has 2 N–H and O–H groups in total. The Bertz CT molecular complexity index is 346. The molecule has 0 heterocycles. The number of hydrogen-bond acceptors (Lipinski definition) is 3. The molecule has 0 unspecified atom stereocenters. The van der Waals surface area contributed by atoms with Crippen molar-refractivity contribution < 1.29 is 9.63 Å². The Morgan fingerprint density at radius 1 is 0.452 bits per heavy atom. The molecule has 0 saturated carbocycles. The lowest BCUT2D eigenvalue weighted by molar-refractivity contribution is -0.144. The maximum Gasteiger partial charge on any atom is 0.324 e. The monoisotopic (exact) mass is 439 g/mol. The number of rotatable bonds is 26. The van der Waals surface area contributed by atoms with Gasteiger partial charge in [0.05, 0.1) is 0 Å². The van der Waals surface area contributed by atoms with Crippen LogP contribution in [-0.4, -0.2) is 5.97 Å². The molecule has 0 aliphatic rings.